The predicted octanol–water partition coefficient (Wildman–Crippen LogP) is 2.71. The molecule has 0 aliphatic carbocycles. The monoisotopic (exact) mass is 242 g/mol. The van der Waals surface area contributed by atoms with Crippen molar-refractivity contribution in [2.45, 2.75) is 18.9 Å². The summed E-state index contributed by atoms with van der Waals surface area (Å²) in [5.74, 6) is 0.345. The molecule has 1 aliphatic rings. The summed E-state index contributed by atoms with van der Waals surface area (Å²) in [6.07, 6.45) is 2.41. The maximum atomic E-state index is 9.86. The summed E-state index contributed by atoms with van der Waals surface area (Å²) in [7, 11) is 0. The number of hydrogen-bond acceptors (Lipinski definition) is 3. The van der Waals surface area contributed by atoms with Crippen LogP contribution in [0.25, 0.3) is 10.8 Å². The molecule has 2 aromatic rings. The van der Waals surface area contributed by atoms with E-state index in [0.29, 0.717) is 11.8 Å². The van der Waals surface area contributed by atoms with Gasteiger partial charge in [-0.3, -0.25) is 0 Å². The number of nitrogens with one attached hydrogen (secondary N) is 2. The number of phenols is 1. The third kappa shape index (κ3) is 2.14. The standard InChI is InChI=1S/C15H18N2O/c18-15-8-2-5-12-13(15)6-1-7-14(12)17-11-4-3-9-16-10-11/h1-2,5-8,11,16-18H,3-4,9-10H2. The van der Waals surface area contributed by atoms with Crippen LogP contribution in [0, 0.1) is 0 Å². The molecule has 0 radical (unpaired) electrons. The number of aromatic hydroxyl groups is 1. The average Bonchev–Trinajstić information content (AvgIpc) is 2.41. The minimum absolute atomic E-state index is 0.345. The van der Waals surface area contributed by atoms with Crippen LogP contribution in [-0.2, 0) is 0 Å². The van der Waals surface area contributed by atoms with Crippen molar-refractivity contribution in [2.75, 3.05) is 18.4 Å². The minimum atomic E-state index is 0.345. The normalized spacial score (nSPS) is 19.9. The van der Waals surface area contributed by atoms with Gasteiger partial charge in [-0.2, -0.15) is 0 Å². The van der Waals surface area contributed by atoms with Crippen molar-refractivity contribution in [3.8, 4) is 5.75 Å². The van der Waals surface area contributed by atoms with E-state index < -0.39 is 0 Å². The van der Waals surface area contributed by atoms with Crippen LogP contribution in [0.5, 0.6) is 5.75 Å². The lowest BCUT2D eigenvalue weighted by atomic mass is 10.0. The molecule has 1 heterocycles. The quantitative estimate of drug-likeness (QED) is 0.758. The second-order valence-corrected chi connectivity index (χ2v) is 4.87. The highest BCUT2D eigenvalue weighted by Gasteiger charge is 2.13. The van der Waals surface area contributed by atoms with Gasteiger partial charge in [0.1, 0.15) is 5.75 Å². The van der Waals surface area contributed by atoms with E-state index in [1.807, 2.05) is 24.3 Å². The van der Waals surface area contributed by atoms with E-state index in [1.54, 1.807) is 6.07 Å². The Balaban J connectivity index is 1.93. The molecule has 1 fully saturated rings. The highest BCUT2D eigenvalue weighted by molar-refractivity contribution is 5.97. The molecule has 0 bridgehead atoms. The van der Waals surface area contributed by atoms with Crippen molar-refractivity contribution in [1.29, 1.82) is 0 Å². The summed E-state index contributed by atoms with van der Waals surface area (Å²) in [5.41, 5.74) is 1.11. The maximum absolute atomic E-state index is 9.86. The molecular formula is C15H18N2O. The van der Waals surface area contributed by atoms with Gasteiger partial charge in [-0.1, -0.05) is 24.3 Å². The van der Waals surface area contributed by atoms with Gasteiger partial charge in [-0.15, -0.1) is 0 Å². The molecule has 0 spiro atoms. The fourth-order valence-electron chi connectivity index (χ4n) is 2.61. The average molecular weight is 242 g/mol. The molecule has 3 N–H and O–H groups in total. The molecule has 3 heteroatoms. The van der Waals surface area contributed by atoms with Crippen LogP contribution in [-0.4, -0.2) is 24.2 Å². The molecule has 1 saturated heterocycles. The molecule has 2 aromatic carbocycles. The Morgan fingerprint density at radius 1 is 1.11 bits per heavy atom. The highest BCUT2D eigenvalue weighted by atomic mass is 16.3. The van der Waals surface area contributed by atoms with Crippen LogP contribution in [0.1, 0.15) is 12.8 Å². The van der Waals surface area contributed by atoms with Crippen LogP contribution >= 0.6 is 0 Å². The molecule has 0 aromatic heterocycles. The van der Waals surface area contributed by atoms with E-state index >= 15 is 0 Å². The minimum Gasteiger partial charge on any atom is -0.507 e. The second kappa shape index (κ2) is 4.86. The smallest absolute Gasteiger partial charge is 0.123 e. The number of benzene rings is 2. The van der Waals surface area contributed by atoms with E-state index in [2.05, 4.69) is 16.7 Å². The number of piperidine rings is 1. The Bertz CT molecular complexity index is 547. The topological polar surface area (TPSA) is 44.3 Å². The molecule has 3 rings (SSSR count). The maximum Gasteiger partial charge on any atom is 0.123 e. The summed E-state index contributed by atoms with van der Waals surface area (Å²) < 4.78 is 0. The summed E-state index contributed by atoms with van der Waals surface area (Å²) in [4.78, 5) is 0. The zero-order valence-electron chi connectivity index (χ0n) is 10.3. The van der Waals surface area contributed by atoms with E-state index in [-0.39, 0.29) is 0 Å². The zero-order chi connectivity index (χ0) is 12.4. The lowest BCUT2D eigenvalue weighted by Gasteiger charge is -2.25. The molecule has 94 valence electrons. The summed E-state index contributed by atoms with van der Waals surface area (Å²) in [6, 6.07) is 12.2. The van der Waals surface area contributed by atoms with Gasteiger partial charge >= 0.3 is 0 Å². The van der Waals surface area contributed by atoms with Crippen molar-refractivity contribution >= 4 is 16.5 Å². The van der Waals surface area contributed by atoms with Crippen molar-refractivity contribution < 1.29 is 5.11 Å². The fourth-order valence-corrected chi connectivity index (χ4v) is 2.61. The Hall–Kier alpha value is -1.74. The highest BCUT2D eigenvalue weighted by Crippen LogP contribution is 2.30. The van der Waals surface area contributed by atoms with Crippen molar-refractivity contribution in [3.63, 3.8) is 0 Å². The van der Waals surface area contributed by atoms with Gasteiger partial charge in [0.25, 0.3) is 0 Å². The predicted molar refractivity (Wildman–Crippen MR) is 75.1 cm³/mol. The van der Waals surface area contributed by atoms with Crippen LogP contribution in [0.4, 0.5) is 5.69 Å². The Kier molecular flexibility index (Phi) is 3.07. The molecule has 1 unspecified atom stereocenters. The van der Waals surface area contributed by atoms with Gasteiger partial charge in [0.2, 0.25) is 0 Å². The van der Waals surface area contributed by atoms with E-state index in [1.165, 1.54) is 12.8 Å². The Labute approximate surface area is 107 Å². The van der Waals surface area contributed by atoms with Gasteiger partial charge in [0, 0.05) is 29.0 Å². The van der Waals surface area contributed by atoms with Gasteiger partial charge in [0.05, 0.1) is 0 Å². The van der Waals surface area contributed by atoms with Crippen LogP contribution in [0.2, 0.25) is 0 Å². The van der Waals surface area contributed by atoms with Crippen LogP contribution in [0.3, 0.4) is 0 Å². The van der Waals surface area contributed by atoms with Gasteiger partial charge < -0.3 is 15.7 Å². The summed E-state index contributed by atoms with van der Waals surface area (Å²) in [5, 5.41) is 18.8. The van der Waals surface area contributed by atoms with Gasteiger partial charge in [-0.05, 0) is 31.5 Å². The molecule has 0 amide bonds. The first-order valence-electron chi connectivity index (χ1n) is 6.52. The van der Waals surface area contributed by atoms with E-state index in [4.69, 9.17) is 0 Å². The van der Waals surface area contributed by atoms with E-state index in [9.17, 15) is 5.11 Å². The largest absolute Gasteiger partial charge is 0.507 e. The number of anilines is 1. The molecular weight excluding hydrogens is 224 g/mol. The van der Waals surface area contributed by atoms with Crippen molar-refractivity contribution in [2.24, 2.45) is 0 Å². The second-order valence-electron chi connectivity index (χ2n) is 4.87. The van der Waals surface area contributed by atoms with Crippen LogP contribution < -0.4 is 10.6 Å². The molecule has 3 nitrogen and oxygen atoms in total. The lowest BCUT2D eigenvalue weighted by Crippen LogP contribution is -2.38. The third-order valence-corrected chi connectivity index (χ3v) is 3.56. The number of rotatable bonds is 2. The number of phenolic OH excluding ortho intramolecular Hbond substituents is 1. The first-order chi connectivity index (χ1) is 8.84. The molecule has 1 atom stereocenters. The molecule has 0 saturated carbocycles. The third-order valence-electron chi connectivity index (χ3n) is 3.56. The van der Waals surface area contributed by atoms with Crippen molar-refractivity contribution in [1.82, 2.24) is 5.32 Å². The van der Waals surface area contributed by atoms with E-state index in [0.717, 1.165) is 29.5 Å². The van der Waals surface area contributed by atoms with Gasteiger partial charge in [0.15, 0.2) is 0 Å². The van der Waals surface area contributed by atoms with Gasteiger partial charge in [-0.25, -0.2) is 0 Å². The molecule has 18 heavy (non-hydrogen) atoms. The SMILES string of the molecule is Oc1cccc2c(NC3CCCNC3)cccc12. The summed E-state index contributed by atoms with van der Waals surface area (Å²) >= 11 is 0. The first-order valence-corrected chi connectivity index (χ1v) is 6.52. The Morgan fingerprint density at radius 2 is 1.94 bits per heavy atom. The molecule has 1 aliphatic heterocycles. The summed E-state index contributed by atoms with van der Waals surface area (Å²) in [6.45, 7) is 2.13. The number of fused-ring (bicyclic) bond motifs is 1. The zero-order valence-corrected chi connectivity index (χ0v) is 10.3. The fraction of sp³-hybridized carbons (Fsp3) is 0.333. The van der Waals surface area contributed by atoms with Crippen molar-refractivity contribution in [3.05, 3.63) is 36.4 Å². The lowest BCUT2D eigenvalue weighted by molar-refractivity contribution is 0.479. The first kappa shape index (κ1) is 11.4. The Morgan fingerprint density at radius 3 is 2.78 bits per heavy atom. The van der Waals surface area contributed by atoms with Crippen LogP contribution in [0.15, 0.2) is 36.4 Å². The number of hydrogen-bond donors (Lipinski definition) is 3.